The number of piperazine rings is 1. The Morgan fingerprint density at radius 2 is 1.59 bits per heavy atom. The molecule has 0 unspecified atom stereocenters. The number of hydrogen-bond acceptors (Lipinski definition) is 4. The van der Waals surface area contributed by atoms with Gasteiger partial charge in [0.15, 0.2) is 0 Å². The Hall–Kier alpha value is -3.19. The molecular weight excluding hydrogens is 404 g/mol. The van der Waals surface area contributed by atoms with E-state index in [1.807, 2.05) is 36.9 Å². The zero-order valence-electron chi connectivity index (χ0n) is 18.7. The van der Waals surface area contributed by atoms with Gasteiger partial charge in [-0.2, -0.15) is 0 Å². The molecule has 1 saturated heterocycles. The van der Waals surface area contributed by atoms with E-state index in [4.69, 9.17) is 0 Å². The molecular formula is C25H30N4O3. The molecule has 0 spiro atoms. The average Bonchev–Trinajstić information content (AvgIpc) is 3.63. The summed E-state index contributed by atoms with van der Waals surface area (Å²) >= 11 is 0. The lowest BCUT2D eigenvalue weighted by Gasteiger charge is -2.34. The molecule has 0 bridgehead atoms. The van der Waals surface area contributed by atoms with Gasteiger partial charge in [-0.3, -0.25) is 19.3 Å². The number of aryl methyl sites for hydroxylation is 1. The highest BCUT2D eigenvalue weighted by Gasteiger charge is 2.29. The molecule has 1 aliphatic carbocycles. The van der Waals surface area contributed by atoms with Crippen molar-refractivity contribution in [3.63, 3.8) is 0 Å². The molecule has 2 fully saturated rings. The van der Waals surface area contributed by atoms with Crippen molar-refractivity contribution in [2.45, 2.75) is 26.7 Å². The summed E-state index contributed by atoms with van der Waals surface area (Å²) in [5.74, 6) is 0.143. The quantitative estimate of drug-likeness (QED) is 0.732. The molecule has 0 radical (unpaired) electrons. The summed E-state index contributed by atoms with van der Waals surface area (Å²) in [4.78, 5) is 41.1. The van der Waals surface area contributed by atoms with Crippen LogP contribution in [0, 0.1) is 19.8 Å². The molecule has 0 aromatic heterocycles. The highest BCUT2D eigenvalue weighted by Crippen LogP contribution is 2.30. The first-order chi connectivity index (χ1) is 15.4. The minimum absolute atomic E-state index is 0.0236. The first kappa shape index (κ1) is 22.0. The van der Waals surface area contributed by atoms with Crippen molar-refractivity contribution in [2.24, 2.45) is 5.92 Å². The van der Waals surface area contributed by atoms with Gasteiger partial charge in [0.25, 0.3) is 5.91 Å². The monoisotopic (exact) mass is 434 g/mol. The Kier molecular flexibility index (Phi) is 6.55. The second-order valence-electron chi connectivity index (χ2n) is 8.70. The first-order valence-electron chi connectivity index (χ1n) is 11.2. The van der Waals surface area contributed by atoms with E-state index in [9.17, 15) is 14.4 Å². The van der Waals surface area contributed by atoms with Gasteiger partial charge in [0.2, 0.25) is 11.8 Å². The Bertz CT molecular complexity index is 1010. The lowest BCUT2D eigenvalue weighted by atomic mass is 10.1. The average molecular weight is 435 g/mol. The van der Waals surface area contributed by atoms with Crippen LogP contribution in [0.3, 0.4) is 0 Å². The van der Waals surface area contributed by atoms with Crippen molar-refractivity contribution in [3.05, 3.63) is 59.2 Å². The van der Waals surface area contributed by atoms with Crippen molar-refractivity contribution in [3.8, 4) is 0 Å². The summed E-state index contributed by atoms with van der Waals surface area (Å²) in [7, 11) is 0. The number of rotatable bonds is 6. The van der Waals surface area contributed by atoms with E-state index in [0.717, 1.165) is 35.3 Å². The van der Waals surface area contributed by atoms with Crippen molar-refractivity contribution < 1.29 is 14.4 Å². The number of amides is 3. The van der Waals surface area contributed by atoms with Crippen molar-refractivity contribution in [2.75, 3.05) is 43.4 Å². The molecule has 1 aliphatic heterocycles. The van der Waals surface area contributed by atoms with Gasteiger partial charge < -0.3 is 15.5 Å². The van der Waals surface area contributed by atoms with Gasteiger partial charge in [-0.1, -0.05) is 12.1 Å². The van der Waals surface area contributed by atoms with Crippen LogP contribution in [0.25, 0.3) is 0 Å². The van der Waals surface area contributed by atoms with Gasteiger partial charge in [-0.25, -0.2) is 0 Å². The minimum Gasteiger partial charge on any atom is -0.336 e. The molecule has 2 N–H and O–H groups in total. The van der Waals surface area contributed by atoms with Gasteiger partial charge in [-0.05, 0) is 68.1 Å². The molecule has 168 valence electrons. The van der Waals surface area contributed by atoms with Gasteiger partial charge >= 0.3 is 0 Å². The van der Waals surface area contributed by atoms with Crippen molar-refractivity contribution in [1.82, 2.24) is 9.80 Å². The van der Waals surface area contributed by atoms with E-state index in [1.54, 1.807) is 24.3 Å². The normalized spacial score (nSPS) is 16.5. The SMILES string of the molecule is Cc1cccc(NC(=O)CN2CCN(C(=O)c3ccc(NC(=O)C4CC4)cc3)CC2)c1C. The molecule has 2 aliphatic rings. The number of nitrogens with zero attached hydrogens (tertiary/aromatic N) is 2. The Morgan fingerprint density at radius 1 is 0.906 bits per heavy atom. The number of benzene rings is 2. The predicted octanol–water partition coefficient (Wildman–Crippen LogP) is 3.05. The van der Waals surface area contributed by atoms with Gasteiger partial charge in [0.05, 0.1) is 6.54 Å². The molecule has 3 amide bonds. The van der Waals surface area contributed by atoms with Crippen LogP contribution in [-0.4, -0.2) is 60.2 Å². The van der Waals surface area contributed by atoms with Gasteiger partial charge in [-0.15, -0.1) is 0 Å². The van der Waals surface area contributed by atoms with E-state index in [2.05, 4.69) is 15.5 Å². The molecule has 2 aromatic carbocycles. The lowest BCUT2D eigenvalue weighted by molar-refractivity contribution is -0.118. The van der Waals surface area contributed by atoms with Crippen LogP contribution < -0.4 is 10.6 Å². The number of carbonyl (C=O) groups is 3. The summed E-state index contributed by atoms with van der Waals surface area (Å²) in [5, 5.41) is 5.89. The third-order valence-corrected chi connectivity index (χ3v) is 6.25. The van der Waals surface area contributed by atoms with Crippen LogP contribution >= 0.6 is 0 Å². The van der Waals surface area contributed by atoms with Crippen LogP contribution in [0.15, 0.2) is 42.5 Å². The molecule has 4 rings (SSSR count). The molecule has 32 heavy (non-hydrogen) atoms. The Labute approximate surface area is 188 Å². The van der Waals surface area contributed by atoms with E-state index >= 15 is 0 Å². The van der Waals surface area contributed by atoms with Gasteiger partial charge in [0, 0.05) is 49.0 Å². The Morgan fingerprint density at radius 3 is 2.25 bits per heavy atom. The van der Waals surface area contributed by atoms with Crippen molar-refractivity contribution >= 4 is 29.1 Å². The number of anilines is 2. The third-order valence-electron chi connectivity index (χ3n) is 6.25. The molecule has 0 atom stereocenters. The minimum atomic E-state index is -0.0395. The van der Waals surface area contributed by atoms with Crippen molar-refractivity contribution in [1.29, 1.82) is 0 Å². The molecule has 2 aromatic rings. The highest BCUT2D eigenvalue weighted by molar-refractivity contribution is 5.97. The fourth-order valence-corrected chi connectivity index (χ4v) is 3.86. The topological polar surface area (TPSA) is 81.8 Å². The zero-order chi connectivity index (χ0) is 22.7. The van der Waals surface area contributed by atoms with Crippen LogP contribution in [0.2, 0.25) is 0 Å². The second-order valence-corrected chi connectivity index (χ2v) is 8.70. The maximum absolute atomic E-state index is 12.8. The predicted molar refractivity (Wildman–Crippen MR) is 125 cm³/mol. The summed E-state index contributed by atoms with van der Waals surface area (Å²) < 4.78 is 0. The van der Waals surface area contributed by atoms with E-state index in [1.165, 1.54) is 0 Å². The summed E-state index contributed by atoms with van der Waals surface area (Å²) in [5.41, 5.74) is 4.40. The Balaban J connectivity index is 1.25. The van der Waals surface area contributed by atoms with E-state index in [-0.39, 0.29) is 23.6 Å². The maximum Gasteiger partial charge on any atom is 0.253 e. The number of nitrogens with one attached hydrogen (secondary N) is 2. The molecule has 1 heterocycles. The first-order valence-corrected chi connectivity index (χ1v) is 11.2. The smallest absolute Gasteiger partial charge is 0.253 e. The summed E-state index contributed by atoms with van der Waals surface area (Å²) in [6.45, 7) is 6.81. The van der Waals surface area contributed by atoms with Gasteiger partial charge in [0.1, 0.15) is 0 Å². The van der Waals surface area contributed by atoms with Crippen LogP contribution in [0.4, 0.5) is 11.4 Å². The summed E-state index contributed by atoms with van der Waals surface area (Å²) in [6, 6.07) is 13.0. The van der Waals surface area contributed by atoms with Crippen LogP contribution in [-0.2, 0) is 9.59 Å². The molecule has 7 heteroatoms. The molecule has 1 saturated carbocycles. The summed E-state index contributed by atoms with van der Waals surface area (Å²) in [6.07, 6.45) is 1.92. The van der Waals surface area contributed by atoms with Crippen LogP contribution in [0.1, 0.15) is 34.3 Å². The second kappa shape index (κ2) is 9.53. The molecule has 7 nitrogen and oxygen atoms in total. The van der Waals surface area contributed by atoms with E-state index < -0.39 is 0 Å². The fourth-order valence-electron chi connectivity index (χ4n) is 3.86. The maximum atomic E-state index is 12.8. The standard InChI is InChI=1S/C25H30N4O3/c1-17-4-3-5-22(18(17)2)27-23(30)16-28-12-14-29(15-13-28)25(32)20-8-10-21(11-9-20)26-24(31)19-6-7-19/h3-5,8-11,19H,6-7,12-16H2,1-2H3,(H,26,31)(H,27,30). The highest BCUT2D eigenvalue weighted by atomic mass is 16.2. The fraction of sp³-hybridized carbons (Fsp3) is 0.400. The van der Waals surface area contributed by atoms with E-state index in [0.29, 0.717) is 38.3 Å². The largest absolute Gasteiger partial charge is 0.336 e. The zero-order valence-corrected chi connectivity index (χ0v) is 18.7. The van der Waals surface area contributed by atoms with Crippen LogP contribution in [0.5, 0.6) is 0 Å². The number of hydrogen-bond donors (Lipinski definition) is 2. The number of carbonyl (C=O) groups excluding carboxylic acids is 3. The lowest BCUT2D eigenvalue weighted by Crippen LogP contribution is -2.50. The third kappa shape index (κ3) is 5.34.